The molecule has 1 aromatic carbocycles. The first-order valence-corrected chi connectivity index (χ1v) is 10.0. The summed E-state index contributed by atoms with van der Waals surface area (Å²) in [6.07, 6.45) is 6.25. The summed E-state index contributed by atoms with van der Waals surface area (Å²) in [6, 6.07) is 9.09. The predicted octanol–water partition coefficient (Wildman–Crippen LogP) is 3.34. The van der Waals surface area contributed by atoms with E-state index < -0.39 is 0 Å². The highest BCUT2D eigenvalue weighted by atomic mass is 32.2. The number of likely N-dealkylation sites (tertiary alicyclic amines) is 2. The highest BCUT2D eigenvalue weighted by molar-refractivity contribution is 7.98. The molecule has 2 aliphatic rings. The second kappa shape index (κ2) is 8.02. The van der Waals surface area contributed by atoms with E-state index in [1.165, 1.54) is 55.9 Å². The Morgan fingerprint density at radius 3 is 2.61 bits per heavy atom. The van der Waals surface area contributed by atoms with Crippen LogP contribution in [0.15, 0.2) is 29.2 Å². The van der Waals surface area contributed by atoms with E-state index in [0.29, 0.717) is 5.41 Å². The maximum atomic E-state index is 5.26. The van der Waals surface area contributed by atoms with Gasteiger partial charge in [-0.25, -0.2) is 0 Å². The van der Waals surface area contributed by atoms with Gasteiger partial charge in [0, 0.05) is 38.2 Å². The molecule has 0 radical (unpaired) electrons. The third-order valence-electron chi connectivity index (χ3n) is 5.43. The Kier molecular flexibility index (Phi) is 6.02. The molecule has 0 N–H and O–H groups in total. The molecule has 2 heterocycles. The normalized spacial score (nSPS) is 26.2. The van der Waals surface area contributed by atoms with E-state index in [4.69, 9.17) is 4.74 Å². The van der Waals surface area contributed by atoms with E-state index in [1.807, 2.05) is 11.8 Å². The average Bonchev–Trinajstić information content (AvgIpc) is 2.95. The summed E-state index contributed by atoms with van der Waals surface area (Å²) in [5, 5.41) is 0. The summed E-state index contributed by atoms with van der Waals surface area (Å²) in [4.78, 5) is 6.63. The number of nitrogens with zero attached hydrogens (tertiary/aromatic N) is 2. The van der Waals surface area contributed by atoms with Gasteiger partial charge in [0.1, 0.15) is 0 Å². The second-order valence-corrected chi connectivity index (χ2v) is 8.06. The summed E-state index contributed by atoms with van der Waals surface area (Å²) in [6.45, 7) is 8.09. The van der Waals surface area contributed by atoms with Crippen molar-refractivity contribution in [2.24, 2.45) is 5.41 Å². The van der Waals surface area contributed by atoms with E-state index >= 15 is 0 Å². The van der Waals surface area contributed by atoms with Gasteiger partial charge in [-0.1, -0.05) is 12.1 Å². The van der Waals surface area contributed by atoms with Crippen LogP contribution in [0.25, 0.3) is 0 Å². The Hall–Kier alpha value is -0.550. The molecule has 1 atom stereocenters. The first-order chi connectivity index (χ1) is 11.2. The molecule has 0 saturated carbocycles. The van der Waals surface area contributed by atoms with Gasteiger partial charge < -0.3 is 9.64 Å². The van der Waals surface area contributed by atoms with Crippen molar-refractivity contribution in [1.82, 2.24) is 9.80 Å². The van der Waals surface area contributed by atoms with Crippen molar-refractivity contribution in [3.8, 4) is 0 Å². The predicted molar refractivity (Wildman–Crippen MR) is 98.1 cm³/mol. The maximum Gasteiger partial charge on any atom is 0.0589 e. The number of benzene rings is 1. The van der Waals surface area contributed by atoms with Gasteiger partial charge in [-0.2, -0.15) is 0 Å². The Labute approximate surface area is 145 Å². The van der Waals surface area contributed by atoms with Crippen LogP contribution in [0.1, 0.15) is 24.8 Å². The van der Waals surface area contributed by atoms with Gasteiger partial charge in [-0.15, -0.1) is 11.8 Å². The maximum absolute atomic E-state index is 5.26. The molecule has 0 aliphatic carbocycles. The minimum Gasteiger partial charge on any atom is -0.383 e. The molecule has 2 aliphatic heterocycles. The Balaban J connectivity index is 1.54. The number of ether oxygens (including phenoxy) is 1. The molecule has 3 rings (SSSR count). The van der Waals surface area contributed by atoms with Gasteiger partial charge in [0.2, 0.25) is 0 Å². The van der Waals surface area contributed by atoms with Crippen LogP contribution in [-0.4, -0.2) is 62.5 Å². The zero-order valence-corrected chi connectivity index (χ0v) is 15.4. The van der Waals surface area contributed by atoms with E-state index in [9.17, 15) is 0 Å². The van der Waals surface area contributed by atoms with Crippen molar-refractivity contribution in [2.75, 3.05) is 52.7 Å². The molecule has 4 heteroatoms. The largest absolute Gasteiger partial charge is 0.383 e. The monoisotopic (exact) mass is 334 g/mol. The standard InChI is InChI=1S/C19H30N2OS/c1-22-13-12-20-10-3-8-19(15-20)9-11-21(16-19)14-17-4-6-18(23-2)7-5-17/h4-7H,3,8-16H2,1-2H3/t19-/m1/s1. The highest BCUT2D eigenvalue weighted by Gasteiger charge is 2.40. The van der Waals surface area contributed by atoms with Gasteiger partial charge in [0.15, 0.2) is 0 Å². The molecule has 128 valence electrons. The molecule has 23 heavy (non-hydrogen) atoms. The van der Waals surface area contributed by atoms with Crippen LogP contribution in [0.2, 0.25) is 0 Å². The zero-order valence-electron chi connectivity index (χ0n) is 14.6. The highest BCUT2D eigenvalue weighted by Crippen LogP contribution is 2.39. The lowest BCUT2D eigenvalue weighted by molar-refractivity contribution is 0.0673. The Bertz CT molecular complexity index is 493. The number of hydrogen-bond donors (Lipinski definition) is 0. The summed E-state index contributed by atoms with van der Waals surface area (Å²) >= 11 is 1.82. The molecule has 0 amide bonds. The van der Waals surface area contributed by atoms with Crippen LogP contribution >= 0.6 is 11.8 Å². The second-order valence-electron chi connectivity index (χ2n) is 7.18. The van der Waals surface area contributed by atoms with Crippen molar-refractivity contribution in [2.45, 2.75) is 30.7 Å². The number of methoxy groups -OCH3 is 1. The van der Waals surface area contributed by atoms with Crippen molar-refractivity contribution in [3.05, 3.63) is 29.8 Å². The minimum absolute atomic E-state index is 0.533. The Morgan fingerprint density at radius 2 is 1.87 bits per heavy atom. The first-order valence-electron chi connectivity index (χ1n) is 8.80. The van der Waals surface area contributed by atoms with Gasteiger partial charge in [0.05, 0.1) is 6.61 Å². The van der Waals surface area contributed by atoms with E-state index in [-0.39, 0.29) is 0 Å². The number of thioether (sulfide) groups is 1. The molecular formula is C19H30N2OS. The molecule has 3 nitrogen and oxygen atoms in total. The van der Waals surface area contributed by atoms with E-state index in [2.05, 4.69) is 40.3 Å². The van der Waals surface area contributed by atoms with Gasteiger partial charge >= 0.3 is 0 Å². The molecule has 0 bridgehead atoms. The van der Waals surface area contributed by atoms with Crippen molar-refractivity contribution < 1.29 is 4.74 Å². The molecule has 2 fully saturated rings. The lowest BCUT2D eigenvalue weighted by atomic mass is 9.79. The molecule has 1 spiro atoms. The van der Waals surface area contributed by atoms with Gasteiger partial charge in [-0.05, 0) is 61.7 Å². The molecule has 0 aromatic heterocycles. The fraction of sp³-hybridized carbons (Fsp3) is 0.684. The zero-order chi connectivity index (χ0) is 16.1. The smallest absolute Gasteiger partial charge is 0.0589 e. The first kappa shape index (κ1) is 17.3. The van der Waals surface area contributed by atoms with Gasteiger partial charge in [-0.3, -0.25) is 4.90 Å². The SMILES string of the molecule is COCCN1CCC[C@@]2(CCN(Cc3ccc(SC)cc3)C2)C1. The number of hydrogen-bond acceptors (Lipinski definition) is 4. The minimum atomic E-state index is 0.533. The fourth-order valence-corrected chi connectivity index (χ4v) is 4.61. The van der Waals surface area contributed by atoms with E-state index in [1.54, 1.807) is 7.11 Å². The lowest BCUT2D eigenvalue weighted by Crippen LogP contribution is -2.45. The van der Waals surface area contributed by atoms with E-state index in [0.717, 1.165) is 19.7 Å². The topological polar surface area (TPSA) is 15.7 Å². The third-order valence-corrected chi connectivity index (χ3v) is 6.18. The number of rotatable bonds is 6. The third kappa shape index (κ3) is 4.50. The summed E-state index contributed by atoms with van der Waals surface area (Å²) in [5.41, 5.74) is 1.98. The molecule has 2 saturated heterocycles. The number of piperidine rings is 1. The summed E-state index contributed by atoms with van der Waals surface area (Å²) < 4.78 is 5.26. The molecular weight excluding hydrogens is 304 g/mol. The van der Waals surface area contributed by atoms with Crippen LogP contribution in [0.5, 0.6) is 0 Å². The fourth-order valence-electron chi connectivity index (χ4n) is 4.21. The van der Waals surface area contributed by atoms with Gasteiger partial charge in [0.25, 0.3) is 0 Å². The lowest BCUT2D eigenvalue weighted by Gasteiger charge is -2.40. The van der Waals surface area contributed by atoms with Crippen LogP contribution in [0, 0.1) is 5.41 Å². The van der Waals surface area contributed by atoms with Crippen LogP contribution in [0.4, 0.5) is 0 Å². The average molecular weight is 335 g/mol. The van der Waals surface area contributed by atoms with Crippen molar-refractivity contribution in [3.63, 3.8) is 0 Å². The van der Waals surface area contributed by atoms with Crippen LogP contribution in [-0.2, 0) is 11.3 Å². The van der Waals surface area contributed by atoms with Crippen molar-refractivity contribution in [1.29, 1.82) is 0 Å². The van der Waals surface area contributed by atoms with Crippen LogP contribution < -0.4 is 0 Å². The summed E-state index contributed by atoms with van der Waals surface area (Å²) in [5.74, 6) is 0. The molecule has 0 unspecified atom stereocenters. The van der Waals surface area contributed by atoms with Crippen molar-refractivity contribution >= 4 is 11.8 Å². The van der Waals surface area contributed by atoms with Crippen LogP contribution in [0.3, 0.4) is 0 Å². The quantitative estimate of drug-likeness (QED) is 0.741. The molecule has 1 aromatic rings. The summed E-state index contributed by atoms with van der Waals surface area (Å²) in [7, 11) is 1.80. The Morgan fingerprint density at radius 1 is 1.09 bits per heavy atom.